The van der Waals surface area contributed by atoms with Crippen LogP contribution in [0.4, 0.5) is 0 Å². The van der Waals surface area contributed by atoms with Gasteiger partial charge in [-0.25, -0.2) is 0 Å². The van der Waals surface area contributed by atoms with Crippen molar-refractivity contribution in [3.63, 3.8) is 0 Å². The number of carbonyl (C=O) groups excluding carboxylic acids is 5. The second-order valence-corrected chi connectivity index (χ2v) is 9.32. The molecule has 1 aromatic rings. The summed E-state index contributed by atoms with van der Waals surface area (Å²) in [5.74, 6) is -1.86. The number of hydrogen-bond acceptors (Lipinski definition) is 6. The Bertz CT molecular complexity index is 1010. The minimum atomic E-state index is -0.928. The number of hydrogen-bond donors (Lipinski definition) is 1. The first-order valence-electron chi connectivity index (χ1n) is 12.7. The first-order valence-corrected chi connectivity index (χ1v) is 12.7. The highest BCUT2D eigenvalue weighted by Crippen LogP contribution is 2.19. The standard InChI is InChI=1S/C27H36N4O6/c1-20(32)29-14-8-3-4-9-15-30(19-25(34)37-2)27(36)22(17-21-11-6-5-7-12-21)28-26(35)23-13-10-16-31(23)24(33)18-29/h3-7,11-12,22-23H,8-10,13-19H2,1-2H3,(H,28,35)/b4-3-/t22-,23-/m0/s1. The Morgan fingerprint density at radius 3 is 2.41 bits per heavy atom. The zero-order valence-electron chi connectivity index (χ0n) is 21.6. The molecule has 2 heterocycles. The Hall–Kier alpha value is -3.69. The summed E-state index contributed by atoms with van der Waals surface area (Å²) in [6, 6.07) is 7.65. The van der Waals surface area contributed by atoms with Gasteiger partial charge in [-0.1, -0.05) is 42.5 Å². The molecule has 200 valence electrons. The van der Waals surface area contributed by atoms with E-state index in [1.807, 2.05) is 42.5 Å². The number of amides is 4. The molecule has 2 aliphatic heterocycles. The van der Waals surface area contributed by atoms with Gasteiger partial charge in [0.05, 0.1) is 13.7 Å². The maximum atomic E-state index is 13.7. The van der Waals surface area contributed by atoms with Gasteiger partial charge in [0.15, 0.2) is 0 Å². The first kappa shape index (κ1) is 27.9. The van der Waals surface area contributed by atoms with Gasteiger partial charge in [0.25, 0.3) is 0 Å². The van der Waals surface area contributed by atoms with E-state index >= 15 is 0 Å². The smallest absolute Gasteiger partial charge is 0.325 e. The molecule has 0 aliphatic carbocycles. The molecule has 1 N–H and O–H groups in total. The first-order chi connectivity index (χ1) is 17.8. The van der Waals surface area contributed by atoms with Crippen molar-refractivity contribution in [3.05, 3.63) is 48.0 Å². The van der Waals surface area contributed by atoms with E-state index in [4.69, 9.17) is 4.74 Å². The van der Waals surface area contributed by atoms with Crippen LogP contribution in [-0.2, 0) is 35.1 Å². The van der Waals surface area contributed by atoms with Crippen LogP contribution in [0.1, 0.15) is 38.2 Å². The lowest BCUT2D eigenvalue weighted by Gasteiger charge is -2.31. The quantitative estimate of drug-likeness (QED) is 0.474. The molecule has 0 aromatic heterocycles. The van der Waals surface area contributed by atoms with Crippen molar-refractivity contribution in [1.82, 2.24) is 20.0 Å². The summed E-state index contributed by atoms with van der Waals surface area (Å²) in [4.78, 5) is 68.8. The average Bonchev–Trinajstić information content (AvgIpc) is 3.38. The number of ether oxygens (including phenoxy) is 1. The van der Waals surface area contributed by atoms with E-state index in [1.54, 1.807) is 0 Å². The molecule has 3 rings (SSSR count). The summed E-state index contributed by atoms with van der Waals surface area (Å²) in [5, 5.41) is 2.87. The van der Waals surface area contributed by atoms with Gasteiger partial charge in [0.1, 0.15) is 18.6 Å². The minimum absolute atomic E-state index is 0.0910. The molecule has 37 heavy (non-hydrogen) atoms. The third-order valence-electron chi connectivity index (χ3n) is 6.70. The molecule has 0 radical (unpaired) electrons. The summed E-state index contributed by atoms with van der Waals surface area (Å²) in [5.41, 5.74) is 0.852. The Morgan fingerprint density at radius 1 is 1.03 bits per heavy atom. The molecular formula is C27H36N4O6. The molecule has 10 heteroatoms. The molecule has 4 amide bonds. The molecule has 10 nitrogen and oxygen atoms in total. The second kappa shape index (κ2) is 13.6. The maximum absolute atomic E-state index is 13.7. The Kier molecular flexibility index (Phi) is 10.2. The van der Waals surface area contributed by atoms with Gasteiger partial charge in [0.2, 0.25) is 23.6 Å². The number of rotatable bonds is 4. The second-order valence-electron chi connectivity index (χ2n) is 9.32. The highest BCUT2D eigenvalue weighted by Gasteiger charge is 2.37. The van der Waals surface area contributed by atoms with E-state index in [0.717, 1.165) is 5.56 Å². The van der Waals surface area contributed by atoms with Crippen molar-refractivity contribution in [1.29, 1.82) is 0 Å². The number of esters is 1. The van der Waals surface area contributed by atoms with E-state index < -0.39 is 24.0 Å². The summed E-state index contributed by atoms with van der Waals surface area (Å²) < 4.78 is 4.80. The van der Waals surface area contributed by atoms with Crippen LogP contribution in [0, 0.1) is 0 Å². The Balaban J connectivity index is 1.92. The normalized spacial score (nSPS) is 22.9. The minimum Gasteiger partial charge on any atom is -0.468 e. The monoisotopic (exact) mass is 512 g/mol. The number of nitrogens with one attached hydrogen (secondary N) is 1. The maximum Gasteiger partial charge on any atom is 0.325 e. The van der Waals surface area contributed by atoms with Crippen LogP contribution in [0.2, 0.25) is 0 Å². The average molecular weight is 513 g/mol. The van der Waals surface area contributed by atoms with Gasteiger partial charge >= 0.3 is 5.97 Å². The van der Waals surface area contributed by atoms with Gasteiger partial charge in [-0.3, -0.25) is 24.0 Å². The Morgan fingerprint density at radius 2 is 1.73 bits per heavy atom. The SMILES string of the molecule is COC(=O)CN1CC/C=C\CCN(C(C)=O)CC(=O)N2CCC[C@H]2C(=O)N[C@@H](Cc2ccccc2)C1=O. The van der Waals surface area contributed by atoms with Crippen molar-refractivity contribution < 1.29 is 28.7 Å². The molecule has 0 bridgehead atoms. The molecule has 1 saturated heterocycles. The predicted octanol–water partition coefficient (Wildman–Crippen LogP) is 0.905. The Labute approximate surface area is 217 Å². The number of carbonyl (C=O) groups is 5. The third-order valence-corrected chi connectivity index (χ3v) is 6.70. The van der Waals surface area contributed by atoms with Crippen LogP contribution in [0.15, 0.2) is 42.5 Å². The van der Waals surface area contributed by atoms with Crippen molar-refractivity contribution in [3.8, 4) is 0 Å². The van der Waals surface area contributed by atoms with Crippen LogP contribution in [0.25, 0.3) is 0 Å². The lowest BCUT2D eigenvalue weighted by atomic mass is 10.0. The molecule has 0 spiro atoms. The molecule has 0 saturated carbocycles. The largest absolute Gasteiger partial charge is 0.468 e. The van der Waals surface area contributed by atoms with Gasteiger partial charge in [0, 0.05) is 33.0 Å². The lowest BCUT2D eigenvalue weighted by Crippen LogP contribution is -2.56. The van der Waals surface area contributed by atoms with Gasteiger partial charge < -0.3 is 24.8 Å². The zero-order valence-corrected chi connectivity index (χ0v) is 21.6. The van der Waals surface area contributed by atoms with Gasteiger partial charge in [-0.05, 0) is 31.2 Å². The van der Waals surface area contributed by atoms with Crippen LogP contribution >= 0.6 is 0 Å². The van der Waals surface area contributed by atoms with Gasteiger partial charge in [-0.2, -0.15) is 0 Å². The van der Waals surface area contributed by atoms with E-state index in [-0.39, 0.29) is 43.8 Å². The predicted molar refractivity (Wildman–Crippen MR) is 136 cm³/mol. The topological polar surface area (TPSA) is 116 Å². The summed E-state index contributed by atoms with van der Waals surface area (Å²) in [6.45, 7) is 2.13. The lowest BCUT2D eigenvalue weighted by molar-refractivity contribution is -0.148. The fraction of sp³-hybridized carbons (Fsp3) is 0.519. The molecule has 1 fully saturated rings. The summed E-state index contributed by atoms with van der Waals surface area (Å²) in [6.07, 6.45) is 6.15. The van der Waals surface area contributed by atoms with Crippen molar-refractivity contribution in [2.45, 2.75) is 51.1 Å². The molecular weight excluding hydrogens is 476 g/mol. The van der Waals surface area contributed by atoms with Crippen LogP contribution in [0.3, 0.4) is 0 Å². The fourth-order valence-electron chi connectivity index (χ4n) is 4.66. The van der Waals surface area contributed by atoms with Gasteiger partial charge in [-0.15, -0.1) is 0 Å². The van der Waals surface area contributed by atoms with E-state index in [9.17, 15) is 24.0 Å². The molecule has 2 aliphatic rings. The highest BCUT2D eigenvalue weighted by molar-refractivity contribution is 5.94. The van der Waals surface area contributed by atoms with Crippen molar-refractivity contribution in [2.24, 2.45) is 0 Å². The third kappa shape index (κ3) is 7.90. The summed E-state index contributed by atoms with van der Waals surface area (Å²) in [7, 11) is 1.26. The molecule has 2 atom stereocenters. The molecule has 0 unspecified atom stereocenters. The number of benzene rings is 1. The van der Waals surface area contributed by atoms with E-state index in [0.29, 0.717) is 38.8 Å². The molecule has 1 aromatic carbocycles. The van der Waals surface area contributed by atoms with Crippen molar-refractivity contribution in [2.75, 3.05) is 39.8 Å². The number of nitrogens with zero attached hydrogens (tertiary/aromatic N) is 3. The number of fused-ring (bicyclic) bond motifs is 1. The fourth-order valence-corrected chi connectivity index (χ4v) is 4.66. The highest BCUT2D eigenvalue weighted by atomic mass is 16.5. The number of methoxy groups -OCH3 is 1. The van der Waals surface area contributed by atoms with Crippen LogP contribution in [-0.4, -0.2) is 96.2 Å². The van der Waals surface area contributed by atoms with E-state index in [2.05, 4.69) is 5.32 Å². The zero-order chi connectivity index (χ0) is 26.8. The summed E-state index contributed by atoms with van der Waals surface area (Å²) >= 11 is 0. The van der Waals surface area contributed by atoms with E-state index in [1.165, 1.54) is 28.7 Å². The van der Waals surface area contributed by atoms with Crippen LogP contribution in [0.5, 0.6) is 0 Å². The van der Waals surface area contributed by atoms with Crippen LogP contribution < -0.4 is 5.32 Å². The van der Waals surface area contributed by atoms with Crippen molar-refractivity contribution >= 4 is 29.6 Å².